The summed E-state index contributed by atoms with van der Waals surface area (Å²) in [5, 5.41) is 14.9. The summed E-state index contributed by atoms with van der Waals surface area (Å²) >= 11 is 6.51. The first-order chi connectivity index (χ1) is 10.1. The zero-order valence-corrected chi connectivity index (χ0v) is 12.9. The van der Waals surface area contributed by atoms with Crippen molar-refractivity contribution in [1.82, 2.24) is 14.7 Å². The number of aryl methyl sites for hydroxylation is 1. The first kappa shape index (κ1) is 14.6. The van der Waals surface area contributed by atoms with E-state index in [4.69, 9.17) is 11.6 Å². The highest BCUT2D eigenvalue weighted by Crippen LogP contribution is 2.24. The molecule has 4 nitrogen and oxygen atoms in total. The van der Waals surface area contributed by atoms with Crippen LogP contribution < -0.4 is 0 Å². The van der Waals surface area contributed by atoms with E-state index in [1.165, 1.54) is 5.56 Å². The Bertz CT molecular complexity index is 611. The number of hydrogen-bond acceptors (Lipinski definition) is 3. The lowest BCUT2D eigenvalue weighted by Crippen LogP contribution is -2.21. The monoisotopic (exact) mass is 305 g/mol. The molecule has 0 saturated carbocycles. The Labute approximate surface area is 130 Å². The Balaban J connectivity index is 1.76. The largest absolute Gasteiger partial charge is 0.392 e. The summed E-state index contributed by atoms with van der Waals surface area (Å²) in [6.45, 7) is 5.08. The summed E-state index contributed by atoms with van der Waals surface area (Å²) in [6.07, 6.45) is 0.637. The number of aliphatic hydroxyl groups excluding tert-OH is 1. The summed E-state index contributed by atoms with van der Waals surface area (Å²) in [7, 11) is 0. The van der Waals surface area contributed by atoms with E-state index in [-0.39, 0.29) is 6.10 Å². The summed E-state index contributed by atoms with van der Waals surface area (Å²) in [5.74, 6) is 0. The Morgan fingerprint density at radius 1 is 1.29 bits per heavy atom. The maximum absolute atomic E-state index is 9.62. The van der Waals surface area contributed by atoms with Gasteiger partial charge in [-0.2, -0.15) is 5.10 Å². The van der Waals surface area contributed by atoms with Gasteiger partial charge in [-0.3, -0.25) is 4.90 Å². The number of β-amino-alcohol motifs (C(OH)–C–C–N with tert-alkyl or cyclic N) is 1. The highest BCUT2D eigenvalue weighted by atomic mass is 35.5. The van der Waals surface area contributed by atoms with Gasteiger partial charge >= 0.3 is 0 Å². The second kappa shape index (κ2) is 6.18. The third-order valence-electron chi connectivity index (χ3n) is 3.99. The first-order valence-corrected chi connectivity index (χ1v) is 7.67. The Morgan fingerprint density at radius 2 is 2.05 bits per heavy atom. The highest BCUT2D eigenvalue weighted by molar-refractivity contribution is 6.30. The number of rotatable bonds is 4. The van der Waals surface area contributed by atoms with Gasteiger partial charge in [0.05, 0.1) is 18.3 Å². The van der Waals surface area contributed by atoms with Crippen LogP contribution in [0.15, 0.2) is 30.3 Å². The molecule has 1 fully saturated rings. The molecule has 2 heterocycles. The minimum atomic E-state index is -0.205. The molecule has 5 heteroatoms. The molecule has 0 aliphatic carbocycles. The maximum Gasteiger partial charge on any atom is 0.132 e. The average Bonchev–Trinajstić information content (AvgIpc) is 2.99. The van der Waals surface area contributed by atoms with Crippen LogP contribution >= 0.6 is 11.6 Å². The molecule has 1 saturated heterocycles. The minimum Gasteiger partial charge on any atom is -0.392 e. The molecule has 1 aromatic heterocycles. The molecule has 0 bridgehead atoms. The summed E-state index contributed by atoms with van der Waals surface area (Å²) in [6, 6.07) is 10.2. The quantitative estimate of drug-likeness (QED) is 0.943. The van der Waals surface area contributed by atoms with E-state index in [0.717, 1.165) is 37.3 Å². The van der Waals surface area contributed by atoms with Crippen LogP contribution in [-0.2, 0) is 13.1 Å². The summed E-state index contributed by atoms with van der Waals surface area (Å²) in [4.78, 5) is 2.23. The van der Waals surface area contributed by atoms with Gasteiger partial charge in [0, 0.05) is 25.2 Å². The van der Waals surface area contributed by atoms with Crippen molar-refractivity contribution in [2.45, 2.75) is 32.5 Å². The normalized spacial score (nSPS) is 19.3. The van der Waals surface area contributed by atoms with Crippen molar-refractivity contribution in [2.24, 2.45) is 0 Å². The molecule has 1 atom stereocenters. The van der Waals surface area contributed by atoms with Gasteiger partial charge < -0.3 is 5.11 Å². The molecule has 112 valence electrons. The van der Waals surface area contributed by atoms with E-state index in [2.05, 4.69) is 22.1 Å². The van der Waals surface area contributed by atoms with Crippen LogP contribution in [0.1, 0.15) is 23.2 Å². The average molecular weight is 306 g/mol. The van der Waals surface area contributed by atoms with Crippen molar-refractivity contribution in [2.75, 3.05) is 13.1 Å². The van der Waals surface area contributed by atoms with Crippen LogP contribution in [0.4, 0.5) is 0 Å². The topological polar surface area (TPSA) is 41.3 Å². The summed E-state index contributed by atoms with van der Waals surface area (Å²) < 4.78 is 1.86. The number of likely N-dealkylation sites (tertiary alicyclic amines) is 1. The van der Waals surface area contributed by atoms with E-state index >= 15 is 0 Å². The Morgan fingerprint density at radius 3 is 2.71 bits per heavy atom. The molecule has 0 amide bonds. The fourth-order valence-corrected chi connectivity index (χ4v) is 3.10. The highest BCUT2D eigenvalue weighted by Gasteiger charge is 2.23. The van der Waals surface area contributed by atoms with Crippen LogP contribution in [0.5, 0.6) is 0 Å². The lowest BCUT2D eigenvalue weighted by atomic mass is 10.2. The second-order valence-corrected chi connectivity index (χ2v) is 6.03. The zero-order chi connectivity index (χ0) is 14.8. The molecule has 1 N–H and O–H groups in total. The third kappa shape index (κ3) is 3.28. The van der Waals surface area contributed by atoms with Crippen LogP contribution in [0.2, 0.25) is 5.15 Å². The van der Waals surface area contributed by atoms with Gasteiger partial charge in [-0.1, -0.05) is 41.9 Å². The summed E-state index contributed by atoms with van der Waals surface area (Å²) in [5.41, 5.74) is 3.23. The molecule has 1 aliphatic heterocycles. The van der Waals surface area contributed by atoms with Gasteiger partial charge in [-0.15, -0.1) is 0 Å². The van der Waals surface area contributed by atoms with Crippen LogP contribution in [0.3, 0.4) is 0 Å². The van der Waals surface area contributed by atoms with Gasteiger partial charge in [-0.25, -0.2) is 4.68 Å². The molecule has 1 aliphatic rings. The lowest BCUT2D eigenvalue weighted by molar-refractivity contribution is 0.174. The molecular formula is C16H20ClN3O. The van der Waals surface area contributed by atoms with Crippen molar-refractivity contribution >= 4 is 11.6 Å². The van der Waals surface area contributed by atoms with Crippen molar-refractivity contribution in [1.29, 1.82) is 0 Å². The van der Waals surface area contributed by atoms with E-state index in [1.54, 1.807) is 0 Å². The Hall–Kier alpha value is -1.36. The smallest absolute Gasteiger partial charge is 0.132 e. The molecule has 3 rings (SSSR count). The molecule has 0 unspecified atom stereocenters. The first-order valence-electron chi connectivity index (χ1n) is 7.29. The van der Waals surface area contributed by atoms with Crippen molar-refractivity contribution in [3.05, 3.63) is 52.3 Å². The van der Waals surface area contributed by atoms with Gasteiger partial charge in [0.15, 0.2) is 0 Å². The zero-order valence-electron chi connectivity index (χ0n) is 12.2. The van der Waals surface area contributed by atoms with Crippen molar-refractivity contribution < 1.29 is 5.11 Å². The number of aliphatic hydroxyl groups is 1. The predicted molar refractivity (Wildman–Crippen MR) is 83.4 cm³/mol. The maximum atomic E-state index is 9.62. The van der Waals surface area contributed by atoms with Crippen LogP contribution in [0.25, 0.3) is 0 Å². The van der Waals surface area contributed by atoms with E-state index in [1.807, 2.05) is 29.8 Å². The number of benzene rings is 1. The fourth-order valence-electron chi connectivity index (χ4n) is 2.81. The van der Waals surface area contributed by atoms with Crippen LogP contribution in [-0.4, -0.2) is 39.0 Å². The second-order valence-electron chi connectivity index (χ2n) is 5.68. The van der Waals surface area contributed by atoms with E-state index in [0.29, 0.717) is 11.7 Å². The Kier molecular flexibility index (Phi) is 4.29. The van der Waals surface area contributed by atoms with Gasteiger partial charge in [0.2, 0.25) is 0 Å². The lowest BCUT2D eigenvalue weighted by Gasteiger charge is -2.14. The van der Waals surface area contributed by atoms with Gasteiger partial charge in [0.1, 0.15) is 5.15 Å². The standard InChI is InChI=1S/C16H20ClN3O/c1-12-15(11-19-8-7-14(21)10-19)16(17)20(18-12)9-13-5-3-2-4-6-13/h2-6,14,21H,7-11H2,1H3/t14-/m0/s1. The van der Waals surface area contributed by atoms with Crippen molar-refractivity contribution in [3.8, 4) is 0 Å². The van der Waals surface area contributed by atoms with E-state index < -0.39 is 0 Å². The van der Waals surface area contributed by atoms with Gasteiger partial charge in [0.25, 0.3) is 0 Å². The number of nitrogens with zero attached hydrogens (tertiary/aromatic N) is 3. The number of halogens is 1. The molecule has 0 spiro atoms. The van der Waals surface area contributed by atoms with Gasteiger partial charge in [-0.05, 0) is 18.9 Å². The molecular weight excluding hydrogens is 286 g/mol. The van der Waals surface area contributed by atoms with E-state index in [9.17, 15) is 5.11 Å². The minimum absolute atomic E-state index is 0.205. The number of hydrogen-bond donors (Lipinski definition) is 1. The molecule has 0 radical (unpaired) electrons. The fraction of sp³-hybridized carbons (Fsp3) is 0.438. The van der Waals surface area contributed by atoms with Crippen LogP contribution in [0, 0.1) is 6.92 Å². The molecule has 1 aromatic carbocycles. The number of aromatic nitrogens is 2. The third-order valence-corrected chi connectivity index (χ3v) is 4.41. The molecule has 2 aromatic rings. The predicted octanol–water partition coefficient (Wildman–Crippen LogP) is 2.46. The SMILES string of the molecule is Cc1nn(Cc2ccccc2)c(Cl)c1CN1CC[C@H](O)C1. The van der Waals surface area contributed by atoms with Crippen molar-refractivity contribution in [3.63, 3.8) is 0 Å². The molecule has 21 heavy (non-hydrogen) atoms.